The van der Waals surface area contributed by atoms with E-state index >= 15 is 0 Å². The minimum atomic E-state index is 0.195. The van der Waals surface area contributed by atoms with Gasteiger partial charge in [0.15, 0.2) is 5.78 Å². The molecule has 1 aromatic heterocycles. The Bertz CT molecular complexity index is 538. The first-order chi connectivity index (χ1) is 10.5. The third-order valence-electron chi connectivity index (χ3n) is 3.44. The van der Waals surface area contributed by atoms with Crippen molar-refractivity contribution in [2.75, 3.05) is 0 Å². The van der Waals surface area contributed by atoms with Crippen LogP contribution in [0.1, 0.15) is 58.9 Å². The van der Waals surface area contributed by atoms with Crippen LogP contribution in [0.4, 0.5) is 0 Å². The SMILES string of the molecule is CC(C)=CC(=O)C/C(C)=C/CC/C(C)=C/CCc1ccoc1. The van der Waals surface area contributed by atoms with Crippen molar-refractivity contribution in [1.82, 2.24) is 0 Å². The Kier molecular flexibility index (Phi) is 8.27. The minimum absolute atomic E-state index is 0.195. The molecular formula is C20H28O2. The second-order valence-corrected chi connectivity index (χ2v) is 6.17. The van der Waals surface area contributed by atoms with Gasteiger partial charge in [-0.1, -0.05) is 28.9 Å². The molecule has 0 saturated carbocycles. The highest BCUT2D eigenvalue weighted by Crippen LogP contribution is 2.12. The third-order valence-corrected chi connectivity index (χ3v) is 3.44. The van der Waals surface area contributed by atoms with Crippen LogP contribution in [-0.2, 0) is 11.2 Å². The van der Waals surface area contributed by atoms with Gasteiger partial charge in [0.2, 0.25) is 0 Å². The van der Waals surface area contributed by atoms with E-state index in [4.69, 9.17) is 4.42 Å². The van der Waals surface area contributed by atoms with Crippen molar-refractivity contribution in [3.8, 4) is 0 Å². The Hall–Kier alpha value is -1.83. The molecule has 0 spiro atoms. The van der Waals surface area contributed by atoms with Crippen LogP contribution in [0.2, 0.25) is 0 Å². The van der Waals surface area contributed by atoms with E-state index in [2.05, 4.69) is 19.1 Å². The molecule has 2 heteroatoms. The Morgan fingerprint density at radius 3 is 2.45 bits per heavy atom. The van der Waals surface area contributed by atoms with E-state index in [1.807, 2.05) is 26.8 Å². The lowest BCUT2D eigenvalue weighted by molar-refractivity contribution is -0.114. The zero-order chi connectivity index (χ0) is 16.4. The molecule has 0 amide bonds. The highest BCUT2D eigenvalue weighted by Gasteiger charge is 1.99. The first-order valence-corrected chi connectivity index (χ1v) is 7.97. The molecule has 0 N–H and O–H groups in total. The normalized spacial score (nSPS) is 12.4. The molecule has 120 valence electrons. The number of aryl methyl sites for hydroxylation is 1. The lowest BCUT2D eigenvalue weighted by Crippen LogP contribution is -1.94. The molecule has 0 aliphatic heterocycles. The molecule has 0 bridgehead atoms. The Morgan fingerprint density at radius 1 is 1.09 bits per heavy atom. The molecule has 1 rings (SSSR count). The summed E-state index contributed by atoms with van der Waals surface area (Å²) in [6, 6.07) is 2.01. The number of allylic oxidation sites excluding steroid dienone is 6. The van der Waals surface area contributed by atoms with Crippen LogP contribution in [0.5, 0.6) is 0 Å². The van der Waals surface area contributed by atoms with Crippen LogP contribution in [-0.4, -0.2) is 5.78 Å². The molecule has 1 aromatic rings. The molecule has 0 atom stereocenters. The predicted octanol–water partition coefficient (Wildman–Crippen LogP) is 5.81. The Balaban J connectivity index is 2.27. The van der Waals surface area contributed by atoms with Crippen molar-refractivity contribution in [1.29, 1.82) is 0 Å². The molecule has 0 fully saturated rings. The zero-order valence-corrected chi connectivity index (χ0v) is 14.3. The summed E-state index contributed by atoms with van der Waals surface area (Å²) in [6.07, 6.45) is 14.4. The van der Waals surface area contributed by atoms with Crippen molar-refractivity contribution in [2.24, 2.45) is 0 Å². The lowest BCUT2D eigenvalue weighted by atomic mass is 10.0. The molecule has 0 aromatic carbocycles. The molecule has 0 saturated heterocycles. The van der Waals surface area contributed by atoms with Crippen molar-refractivity contribution in [2.45, 2.75) is 59.8 Å². The maximum Gasteiger partial charge on any atom is 0.159 e. The quantitative estimate of drug-likeness (QED) is 0.425. The van der Waals surface area contributed by atoms with E-state index < -0.39 is 0 Å². The monoisotopic (exact) mass is 300 g/mol. The van der Waals surface area contributed by atoms with Gasteiger partial charge in [0.05, 0.1) is 12.5 Å². The second kappa shape index (κ2) is 9.99. The first-order valence-electron chi connectivity index (χ1n) is 7.97. The topological polar surface area (TPSA) is 30.2 Å². The van der Waals surface area contributed by atoms with Crippen LogP contribution in [0.15, 0.2) is 58.0 Å². The van der Waals surface area contributed by atoms with E-state index in [-0.39, 0.29) is 5.78 Å². The summed E-state index contributed by atoms with van der Waals surface area (Å²) in [5, 5.41) is 0. The summed E-state index contributed by atoms with van der Waals surface area (Å²) in [4.78, 5) is 11.7. The smallest absolute Gasteiger partial charge is 0.159 e. The van der Waals surface area contributed by atoms with Crippen molar-refractivity contribution < 1.29 is 9.21 Å². The van der Waals surface area contributed by atoms with E-state index in [0.29, 0.717) is 6.42 Å². The molecule has 0 aliphatic rings. The molecule has 0 radical (unpaired) electrons. The summed E-state index contributed by atoms with van der Waals surface area (Å²) < 4.78 is 5.06. The van der Waals surface area contributed by atoms with Crippen LogP contribution < -0.4 is 0 Å². The van der Waals surface area contributed by atoms with E-state index in [0.717, 1.165) is 36.8 Å². The molecule has 0 unspecified atom stereocenters. The fraction of sp³-hybridized carbons (Fsp3) is 0.450. The van der Waals surface area contributed by atoms with Crippen molar-refractivity contribution >= 4 is 5.78 Å². The molecule has 1 heterocycles. The number of rotatable bonds is 9. The number of carbonyl (C=O) groups excluding carboxylic acids is 1. The number of furan rings is 1. The van der Waals surface area contributed by atoms with Crippen molar-refractivity contribution in [3.63, 3.8) is 0 Å². The van der Waals surface area contributed by atoms with Crippen LogP contribution >= 0.6 is 0 Å². The number of hydrogen-bond donors (Lipinski definition) is 0. The van der Waals surface area contributed by atoms with Gasteiger partial charge in [-0.05, 0) is 71.1 Å². The number of ketones is 1. The molecule has 2 nitrogen and oxygen atoms in total. The Morgan fingerprint density at radius 2 is 1.82 bits per heavy atom. The average molecular weight is 300 g/mol. The summed E-state index contributed by atoms with van der Waals surface area (Å²) in [5.74, 6) is 0.195. The second-order valence-electron chi connectivity index (χ2n) is 6.17. The minimum Gasteiger partial charge on any atom is -0.472 e. The van der Waals surface area contributed by atoms with Gasteiger partial charge in [0.1, 0.15) is 0 Å². The van der Waals surface area contributed by atoms with Crippen LogP contribution in [0.25, 0.3) is 0 Å². The maximum absolute atomic E-state index is 11.7. The van der Waals surface area contributed by atoms with Crippen molar-refractivity contribution in [3.05, 3.63) is 59.1 Å². The first kappa shape index (κ1) is 18.2. The van der Waals surface area contributed by atoms with Gasteiger partial charge < -0.3 is 4.42 Å². The largest absolute Gasteiger partial charge is 0.472 e. The summed E-state index contributed by atoms with van der Waals surface area (Å²) in [7, 11) is 0. The van der Waals surface area contributed by atoms with Gasteiger partial charge >= 0.3 is 0 Å². The summed E-state index contributed by atoms with van der Waals surface area (Å²) in [6.45, 7) is 8.12. The number of hydrogen-bond acceptors (Lipinski definition) is 2. The molecule has 22 heavy (non-hydrogen) atoms. The molecular weight excluding hydrogens is 272 g/mol. The van der Waals surface area contributed by atoms with E-state index in [9.17, 15) is 4.79 Å². The number of carbonyl (C=O) groups is 1. The highest BCUT2D eigenvalue weighted by atomic mass is 16.3. The van der Waals surface area contributed by atoms with E-state index in [1.165, 1.54) is 11.1 Å². The van der Waals surface area contributed by atoms with E-state index in [1.54, 1.807) is 18.6 Å². The maximum atomic E-state index is 11.7. The van der Waals surface area contributed by atoms with Crippen LogP contribution in [0, 0.1) is 0 Å². The van der Waals surface area contributed by atoms with Gasteiger partial charge in [-0.2, -0.15) is 0 Å². The Labute approximate surface area is 134 Å². The highest BCUT2D eigenvalue weighted by molar-refractivity contribution is 5.91. The molecule has 0 aliphatic carbocycles. The van der Waals surface area contributed by atoms with Gasteiger partial charge in [0, 0.05) is 6.42 Å². The fourth-order valence-corrected chi connectivity index (χ4v) is 2.29. The van der Waals surface area contributed by atoms with Crippen LogP contribution in [0.3, 0.4) is 0 Å². The summed E-state index contributed by atoms with van der Waals surface area (Å²) in [5.41, 5.74) is 4.88. The van der Waals surface area contributed by atoms with Gasteiger partial charge in [-0.3, -0.25) is 4.79 Å². The summed E-state index contributed by atoms with van der Waals surface area (Å²) >= 11 is 0. The fourth-order valence-electron chi connectivity index (χ4n) is 2.29. The average Bonchev–Trinajstić information content (AvgIpc) is 2.90. The third kappa shape index (κ3) is 8.46. The van der Waals surface area contributed by atoms with Gasteiger partial charge in [0.25, 0.3) is 0 Å². The zero-order valence-electron chi connectivity index (χ0n) is 14.3. The standard InChI is InChI=1S/C20H28O2/c1-16(2)13-20(21)14-18(4)9-5-7-17(3)8-6-10-19-11-12-22-15-19/h8-9,11-13,15H,5-7,10,14H2,1-4H3/b17-8+,18-9+. The van der Waals surface area contributed by atoms with Gasteiger partial charge in [-0.15, -0.1) is 0 Å². The van der Waals surface area contributed by atoms with Gasteiger partial charge in [-0.25, -0.2) is 0 Å². The predicted molar refractivity (Wildman–Crippen MR) is 92.8 cm³/mol. The lowest BCUT2D eigenvalue weighted by Gasteiger charge is -2.01.